The van der Waals surface area contributed by atoms with Gasteiger partial charge in [-0.15, -0.1) is 0 Å². The normalized spacial score (nSPS) is 14.5. The van der Waals surface area contributed by atoms with Gasteiger partial charge in [-0.3, -0.25) is 14.8 Å². The number of hydrogen-bond acceptors (Lipinski definition) is 3. The van der Waals surface area contributed by atoms with Gasteiger partial charge in [0, 0.05) is 25.1 Å². The maximum atomic E-state index is 12.4. The van der Waals surface area contributed by atoms with Crippen LogP contribution in [0.3, 0.4) is 0 Å². The van der Waals surface area contributed by atoms with Crippen molar-refractivity contribution in [3.8, 4) is 0 Å². The van der Waals surface area contributed by atoms with E-state index in [4.69, 9.17) is 5.21 Å². The molecule has 1 aromatic rings. The number of nitrogens with one attached hydrogen (secondary N) is 1. The first kappa shape index (κ1) is 18.2. The number of nitrogens with zero attached hydrogens (tertiary/aromatic N) is 1. The van der Waals surface area contributed by atoms with Crippen LogP contribution in [0.1, 0.15) is 44.1 Å². The zero-order valence-corrected chi connectivity index (χ0v) is 14.0. The lowest BCUT2D eigenvalue weighted by atomic mass is 10.0. The first-order valence-electron chi connectivity index (χ1n) is 8.66. The molecule has 24 heavy (non-hydrogen) atoms. The van der Waals surface area contributed by atoms with Gasteiger partial charge in [0.25, 0.3) is 0 Å². The number of hydroxylamine groups is 1. The molecule has 130 valence electrons. The molecule has 0 bridgehead atoms. The van der Waals surface area contributed by atoms with Gasteiger partial charge < -0.3 is 4.90 Å². The highest BCUT2D eigenvalue weighted by molar-refractivity contribution is 5.94. The fourth-order valence-electron chi connectivity index (χ4n) is 2.98. The van der Waals surface area contributed by atoms with Crippen molar-refractivity contribution >= 4 is 11.8 Å². The van der Waals surface area contributed by atoms with Gasteiger partial charge in [-0.05, 0) is 44.1 Å². The van der Waals surface area contributed by atoms with Crippen molar-refractivity contribution in [2.24, 2.45) is 0 Å². The second-order valence-corrected chi connectivity index (χ2v) is 6.14. The number of hydrogen-bond donors (Lipinski definition) is 2. The molecule has 0 aliphatic carbocycles. The van der Waals surface area contributed by atoms with Crippen LogP contribution in [0, 0.1) is 0 Å². The SMILES string of the molecule is O=C(CCCC1=CCCN(CCCCc2ccccc2)C1=O)NO. The summed E-state index contributed by atoms with van der Waals surface area (Å²) < 4.78 is 0. The summed E-state index contributed by atoms with van der Waals surface area (Å²) in [7, 11) is 0. The summed E-state index contributed by atoms with van der Waals surface area (Å²) in [5.41, 5.74) is 3.76. The summed E-state index contributed by atoms with van der Waals surface area (Å²) in [6.45, 7) is 1.57. The summed E-state index contributed by atoms with van der Waals surface area (Å²) in [5.74, 6) is -0.304. The molecule has 0 fully saturated rings. The molecule has 0 saturated heterocycles. The Morgan fingerprint density at radius 2 is 1.92 bits per heavy atom. The molecule has 1 aliphatic heterocycles. The number of carbonyl (C=O) groups excluding carboxylic acids is 2. The lowest BCUT2D eigenvalue weighted by Crippen LogP contribution is -2.36. The molecule has 5 heteroatoms. The number of amides is 2. The van der Waals surface area contributed by atoms with Gasteiger partial charge in [0.05, 0.1) is 0 Å². The summed E-state index contributed by atoms with van der Waals surface area (Å²) in [6.07, 6.45) is 7.38. The number of rotatable bonds is 9. The van der Waals surface area contributed by atoms with E-state index in [1.54, 1.807) is 5.48 Å². The minimum atomic E-state index is -0.406. The highest BCUT2D eigenvalue weighted by Gasteiger charge is 2.21. The number of carbonyl (C=O) groups is 2. The van der Waals surface area contributed by atoms with E-state index in [9.17, 15) is 9.59 Å². The van der Waals surface area contributed by atoms with Crippen molar-refractivity contribution in [3.05, 3.63) is 47.5 Å². The Labute approximate surface area is 143 Å². The minimum absolute atomic E-state index is 0.102. The van der Waals surface area contributed by atoms with Gasteiger partial charge in [0.2, 0.25) is 11.8 Å². The van der Waals surface area contributed by atoms with Gasteiger partial charge in [0.1, 0.15) is 0 Å². The van der Waals surface area contributed by atoms with Crippen molar-refractivity contribution in [3.63, 3.8) is 0 Å². The molecule has 2 amide bonds. The molecule has 0 saturated carbocycles. The standard InChI is InChI=1S/C19H26N2O3/c22-18(20-24)13-6-11-17-12-7-15-21(19(17)23)14-5-4-10-16-8-2-1-3-9-16/h1-3,8-9,12,24H,4-7,10-11,13-15H2,(H,20,22). The lowest BCUT2D eigenvalue weighted by Gasteiger charge is -2.27. The van der Waals surface area contributed by atoms with Crippen LogP contribution in [-0.2, 0) is 16.0 Å². The molecule has 0 unspecified atom stereocenters. The Bertz CT molecular complexity index is 569. The fraction of sp³-hybridized carbons (Fsp3) is 0.474. The van der Waals surface area contributed by atoms with E-state index in [1.807, 2.05) is 17.0 Å². The molecule has 0 atom stereocenters. The van der Waals surface area contributed by atoms with E-state index >= 15 is 0 Å². The van der Waals surface area contributed by atoms with Crippen LogP contribution in [0.25, 0.3) is 0 Å². The second kappa shape index (κ2) is 9.88. The van der Waals surface area contributed by atoms with Crippen molar-refractivity contribution < 1.29 is 14.8 Å². The van der Waals surface area contributed by atoms with E-state index in [1.165, 1.54) is 5.56 Å². The van der Waals surface area contributed by atoms with Crippen LogP contribution in [0.4, 0.5) is 0 Å². The molecule has 0 radical (unpaired) electrons. The number of unbranched alkanes of at least 4 members (excludes halogenated alkanes) is 1. The van der Waals surface area contributed by atoms with Crippen molar-refractivity contribution in [2.75, 3.05) is 13.1 Å². The Kier molecular flexibility index (Phi) is 7.49. The molecule has 0 aromatic heterocycles. The van der Waals surface area contributed by atoms with Gasteiger partial charge in [-0.25, -0.2) is 5.48 Å². The smallest absolute Gasteiger partial charge is 0.249 e. The van der Waals surface area contributed by atoms with E-state index in [-0.39, 0.29) is 12.3 Å². The third kappa shape index (κ3) is 5.81. The third-order valence-corrected chi connectivity index (χ3v) is 4.31. The topological polar surface area (TPSA) is 69.6 Å². The van der Waals surface area contributed by atoms with Crippen LogP contribution in [0.2, 0.25) is 0 Å². The molecule has 2 rings (SSSR count). The Morgan fingerprint density at radius 1 is 1.12 bits per heavy atom. The van der Waals surface area contributed by atoms with Gasteiger partial charge in [-0.2, -0.15) is 0 Å². The monoisotopic (exact) mass is 330 g/mol. The van der Waals surface area contributed by atoms with Crippen LogP contribution < -0.4 is 5.48 Å². The van der Waals surface area contributed by atoms with Crippen LogP contribution in [0.15, 0.2) is 42.0 Å². The molecule has 1 aliphatic rings. The van der Waals surface area contributed by atoms with E-state index in [0.29, 0.717) is 12.8 Å². The van der Waals surface area contributed by atoms with E-state index < -0.39 is 5.91 Å². The predicted molar refractivity (Wildman–Crippen MR) is 92.4 cm³/mol. The van der Waals surface area contributed by atoms with Crippen molar-refractivity contribution in [2.45, 2.75) is 44.9 Å². The molecule has 0 spiro atoms. The summed E-state index contributed by atoms with van der Waals surface area (Å²) in [4.78, 5) is 25.4. The van der Waals surface area contributed by atoms with E-state index in [2.05, 4.69) is 24.3 Å². The van der Waals surface area contributed by atoms with Crippen LogP contribution in [0.5, 0.6) is 0 Å². The molecular weight excluding hydrogens is 304 g/mol. The van der Waals surface area contributed by atoms with Gasteiger partial charge in [-0.1, -0.05) is 36.4 Å². The average molecular weight is 330 g/mol. The largest absolute Gasteiger partial charge is 0.339 e. The van der Waals surface area contributed by atoms with Crippen molar-refractivity contribution in [1.82, 2.24) is 10.4 Å². The first-order valence-corrected chi connectivity index (χ1v) is 8.66. The Balaban J connectivity index is 1.69. The zero-order valence-electron chi connectivity index (χ0n) is 14.0. The fourth-order valence-corrected chi connectivity index (χ4v) is 2.98. The van der Waals surface area contributed by atoms with Crippen molar-refractivity contribution in [1.29, 1.82) is 0 Å². The lowest BCUT2D eigenvalue weighted by molar-refractivity contribution is -0.130. The van der Waals surface area contributed by atoms with Gasteiger partial charge >= 0.3 is 0 Å². The van der Waals surface area contributed by atoms with Crippen LogP contribution >= 0.6 is 0 Å². The highest BCUT2D eigenvalue weighted by atomic mass is 16.5. The Hall–Kier alpha value is -2.14. The average Bonchev–Trinajstić information content (AvgIpc) is 2.62. The summed E-state index contributed by atoms with van der Waals surface area (Å²) in [5, 5.41) is 8.48. The first-order chi connectivity index (χ1) is 11.7. The predicted octanol–water partition coefficient (Wildman–Crippen LogP) is 2.84. The molecule has 1 aromatic carbocycles. The molecule has 2 N–H and O–H groups in total. The molecule has 1 heterocycles. The molecular formula is C19H26N2O3. The summed E-state index contributed by atoms with van der Waals surface area (Å²) in [6, 6.07) is 10.4. The van der Waals surface area contributed by atoms with E-state index in [0.717, 1.165) is 44.3 Å². The number of aryl methyl sites for hydroxylation is 1. The quantitative estimate of drug-likeness (QED) is 0.415. The second-order valence-electron chi connectivity index (χ2n) is 6.14. The number of benzene rings is 1. The van der Waals surface area contributed by atoms with Crippen LogP contribution in [-0.4, -0.2) is 35.0 Å². The molecule has 5 nitrogen and oxygen atoms in total. The maximum Gasteiger partial charge on any atom is 0.249 e. The maximum absolute atomic E-state index is 12.4. The van der Waals surface area contributed by atoms with Gasteiger partial charge in [0.15, 0.2) is 0 Å². The summed E-state index contributed by atoms with van der Waals surface area (Å²) >= 11 is 0. The third-order valence-electron chi connectivity index (χ3n) is 4.31. The minimum Gasteiger partial charge on any atom is -0.339 e. The zero-order chi connectivity index (χ0) is 17.2. The highest BCUT2D eigenvalue weighted by Crippen LogP contribution is 2.18. The Morgan fingerprint density at radius 3 is 2.67 bits per heavy atom.